The number of thioether (sulfide) groups is 2. The molecule has 0 saturated carbocycles. The second kappa shape index (κ2) is 7.33. The zero-order valence-corrected chi connectivity index (χ0v) is 8.46. The standard InChI is InChI=1S/C8H12O2S2.CH4/c1-2-7(9)10-6-8-11-4-3-5-12-8;/h2,8H,1,3-6H2;1H4. The number of ether oxygens (including phenoxy) is 1. The van der Waals surface area contributed by atoms with Crippen molar-refractivity contribution >= 4 is 29.5 Å². The van der Waals surface area contributed by atoms with Gasteiger partial charge >= 0.3 is 5.97 Å². The van der Waals surface area contributed by atoms with E-state index in [2.05, 4.69) is 6.58 Å². The molecule has 0 bridgehead atoms. The fraction of sp³-hybridized carbons (Fsp3) is 0.667. The molecular formula is C9H16O2S2. The summed E-state index contributed by atoms with van der Waals surface area (Å²) in [6, 6.07) is 0. The van der Waals surface area contributed by atoms with Gasteiger partial charge in [0.15, 0.2) is 0 Å². The molecule has 4 heteroatoms. The number of rotatable bonds is 3. The van der Waals surface area contributed by atoms with Gasteiger partial charge in [-0.05, 0) is 17.9 Å². The summed E-state index contributed by atoms with van der Waals surface area (Å²) in [6.07, 6.45) is 2.47. The molecule has 1 heterocycles. The molecule has 0 aromatic carbocycles. The van der Waals surface area contributed by atoms with E-state index >= 15 is 0 Å². The molecule has 1 rings (SSSR count). The minimum absolute atomic E-state index is 0. The average molecular weight is 220 g/mol. The van der Waals surface area contributed by atoms with E-state index in [-0.39, 0.29) is 13.4 Å². The highest BCUT2D eigenvalue weighted by atomic mass is 32.2. The van der Waals surface area contributed by atoms with Crippen molar-refractivity contribution in [2.24, 2.45) is 0 Å². The van der Waals surface area contributed by atoms with Gasteiger partial charge in [0.2, 0.25) is 0 Å². The van der Waals surface area contributed by atoms with Gasteiger partial charge in [0.05, 0.1) is 4.58 Å². The lowest BCUT2D eigenvalue weighted by atomic mass is 10.6. The lowest BCUT2D eigenvalue weighted by molar-refractivity contribution is -0.137. The number of carbonyl (C=O) groups excluding carboxylic acids is 1. The Morgan fingerprint density at radius 1 is 1.54 bits per heavy atom. The molecule has 0 unspecified atom stereocenters. The van der Waals surface area contributed by atoms with Crippen molar-refractivity contribution in [3.05, 3.63) is 12.7 Å². The molecule has 0 aliphatic carbocycles. The maximum atomic E-state index is 10.7. The number of esters is 1. The molecule has 76 valence electrons. The van der Waals surface area contributed by atoms with Crippen LogP contribution in [0.15, 0.2) is 12.7 Å². The van der Waals surface area contributed by atoms with Crippen LogP contribution in [0.25, 0.3) is 0 Å². The van der Waals surface area contributed by atoms with Crippen LogP contribution in [-0.4, -0.2) is 28.7 Å². The largest absolute Gasteiger partial charge is 0.460 e. The lowest BCUT2D eigenvalue weighted by Crippen LogP contribution is -2.15. The third-order valence-corrected chi connectivity index (χ3v) is 4.31. The summed E-state index contributed by atoms with van der Waals surface area (Å²) >= 11 is 3.73. The average Bonchev–Trinajstić information content (AvgIpc) is 2.16. The molecule has 1 fully saturated rings. The van der Waals surface area contributed by atoms with Crippen molar-refractivity contribution in [2.75, 3.05) is 18.1 Å². The highest BCUT2D eigenvalue weighted by Gasteiger charge is 2.15. The Morgan fingerprint density at radius 2 is 2.15 bits per heavy atom. The van der Waals surface area contributed by atoms with Gasteiger partial charge in [-0.25, -0.2) is 4.79 Å². The predicted octanol–water partition coefficient (Wildman–Crippen LogP) is 2.55. The van der Waals surface area contributed by atoms with E-state index in [1.54, 1.807) is 0 Å². The predicted molar refractivity (Wildman–Crippen MR) is 61.2 cm³/mol. The maximum Gasteiger partial charge on any atom is 0.330 e. The van der Waals surface area contributed by atoms with E-state index in [1.807, 2.05) is 23.5 Å². The highest BCUT2D eigenvalue weighted by Crippen LogP contribution is 2.30. The van der Waals surface area contributed by atoms with Crippen molar-refractivity contribution in [1.82, 2.24) is 0 Å². The van der Waals surface area contributed by atoms with Crippen molar-refractivity contribution < 1.29 is 9.53 Å². The smallest absolute Gasteiger partial charge is 0.330 e. The van der Waals surface area contributed by atoms with Crippen molar-refractivity contribution in [3.63, 3.8) is 0 Å². The van der Waals surface area contributed by atoms with Crippen molar-refractivity contribution in [1.29, 1.82) is 0 Å². The molecule has 13 heavy (non-hydrogen) atoms. The van der Waals surface area contributed by atoms with Crippen LogP contribution in [0, 0.1) is 0 Å². The molecule has 1 saturated heterocycles. The monoisotopic (exact) mass is 220 g/mol. The zero-order chi connectivity index (χ0) is 8.81. The molecule has 0 radical (unpaired) electrons. The Balaban J connectivity index is 0.00000144. The van der Waals surface area contributed by atoms with E-state index in [9.17, 15) is 4.79 Å². The van der Waals surface area contributed by atoms with Crippen molar-refractivity contribution in [3.8, 4) is 0 Å². The molecule has 0 atom stereocenters. The van der Waals surface area contributed by atoms with E-state index < -0.39 is 0 Å². The topological polar surface area (TPSA) is 26.3 Å². The highest BCUT2D eigenvalue weighted by molar-refractivity contribution is 8.17. The Kier molecular flexibility index (Phi) is 7.28. The van der Waals surface area contributed by atoms with Crippen LogP contribution < -0.4 is 0 Å². The van der Waals surface area contributed by atoms with Crippen LogP contribution in [0.2, 0.25) is 0 Å². The van der Waals surface area contributed by atoms with Gasteiger partial charge in [-0.2, -0.15) is 0 Å². The lowest BCUT2D eigenvalue weighted by Gasteiger charge is -2.19. The van der Waals surface area contributed by atoms with Crippen LogP contribution >= 0.6 is 23.5 Å². The maximum absolute atomic E-state index is 10.7. The van der Waals surface area contributed by atoms with Crippen LogP contribution in [0.4, 0.5) is 0 Å². The van der Waals surface area contributed by atoms with Crippen LogP contribution in [0.5, 0.6) is 0 Å². The van der Waals surface area contributed by atoms with Gasteiger partial charge in [-0.1, -0.05) is 14.0 Å². The van der Waals surface area contributed by atoms with E-state index in [0.717, 1.165) is 0 Å². The van der Waals surface area contributed by atoms with Gasteiger partial charge in [-0.15, -0.1) is 23.5 Å². The van der Waals surface area contributed by atoms with E-state index in [0.29, 0.717) is 11.2 Å². The first-order valence-electron chi connectivity index (χ1n) is 3.85. The van der Waals surface area contributed by atoms with Crippen LogP contribution in [0.3, 0.4) is 0 Å². The fourth-order valence-corrected chi connectivity index (χ4v) is 3.46. The molecule has 1 aliphatic heterocycles. The van der Waals surface area contributed by atoms with Gasteiger partial charge in [-0.3, -0.25) is 0 Å². The summed E-state index contributed by atoms with van der Waals surface area (Å²) in [7, 11) is 0. The normalized spacial score (nSPS) is 17.2. The quantitative estimate of drug-likeness (QED) is 0.539. The first-order valence-corrected chi connectivity index (χ1v) is 5.95. The summed E-state index contributed by atoms with van der Waals surface area (Å²) in [4.78, 5) is 10.7. The number of hydrogen-bond donors (Lipinski definition) is 0. The Labute approximate surface area is 88.5 Å². The minimum Gasteiger partial charge on any atom is -0.460 e. The molecule has 2 nitrogen and oxygen atoms in total. The molecule has 0 aromatic heterocycles. The molecule has 0 N–H and O–H groups in total. The summed E-state index contributed by atoms with van der Waals surface area (Å²) in [5, 5.41) is 0. The van der Waals surface area contributed by atoms with Gasteiger partial charge in [0.1, 0.15) is 6.61 Å². The zero-order valence-electron chi connectivity index (χ0n) is 6.82. The molecule has 0 aromatic rings. The first kappa shape index (κ1) is 12.9. The number of carbonyl (C=O) groups is 1. The summed E-state index contributed by atoms with van der Waals surface area (Å²) in [5.74, 6) is 2.05. The second-order valence-corrected chi connectivity index (χ2v) is 5.28. The number of hydrogen-bond acceptors (Lipinski definition) is 4. The molecular weight excluding hydrogens is 204 g/mol. The van der Waals surface area contributed by atoms with Crippen LogP contribution in [0.1, 0.15) is 13.8 Å². The van der Waals surface area contributed by atoms with Gasteiger partial charge in [0.25, 0.3) is 0 Å². The molecule has 1 aliphatic rings. The Hall–Kier alpha value is -0.0900. The minimum atomic E-state index is -0.318. The Bertz CT molecular complexity index is 165. The SMILES string of the molecule is C.C=CC(=O)OCC1SCCCS1. The molecule has 0 spiro atoms. The third kappa shape index (κ3) is 5.26. The molecule has 0 amide bonds. The summed E-state index contributed by atoms with van der Waals surface area (Å²) < 4.78 is 5.36. The van der Waals surface area contributed by atoms with E-state index in [4.69, 9.17) is 4.74 Å². The van der Waals surface area contributed by atoms with Crippen molar-refractivity contribution in [2.45, 2.75) is 18.4 Å². The third-order valence-electron chi connectivity index (χ3n) is 1.42. The fourth-order valence-electron chi connectivity index (χ4n) is 0.842. The van der Waals surface area contributed by atoms with Gasteiger partial charge < -0.3 is 4.74 Å². The van der Waals surface area contributed by atoms with Crippen LogP contribution in [-0.2, 0) is 9.53 Å². The van der Waals surface area contributed by atoms with E-state index in [1.165, 1.54) is 24.0 Å². The Morgan fingerprint density at radius 3 is 2.69 bits per heavy atom. The van der Waals surface area contributed by atoms with Gasteiger partial charge in [0, 0.05) is 6.08 Å². The summed E-state index contributed by atoms with van der Waals surface area (Å²) in [5.41, 5.74) is 0. The second-order valence-electron chi connectivity index (χ2n) is 2.36. The summed E-state index contributed by atoms with van der Waals surface area (Å²) in [6.45, 7) is 3.85. The first-order chi connectivity index (χ1) is 5.83.